The number of halogens is 2. The molecule has 1 saturated heterocycles. The molecule has 218 valence electrons. The zero-order valence-electron chi connectivity index (χ0n) is 23.6. The summed E-state index contributed by atoms with van der Waals surface area (Å²) in [6.07, 6.45) is 1.69. The number of allylic oxidation sites excluding steroid dienone is 1. The summed E-state index contributed by atoms with van der Waals surface area (Å²) in [5, 5.41) is 0.562. The molecule has 0 spiro atoms. The van der Waals surface area contributed by atoms with E-state index in [1.165, 1.54) is 14.2 Å². The topological polar surface area (TPSA) is 88.5 Å². The number of aryl methyl sites for hydroxylation is 1. The fraction of sp³-hybridized carbons (Fsp3) is 0.419. The fourth-order valence-electron chi connectivity index (χ4n) is 5.52. The Morgan fingerprint density at radius 1 is 0.902 bits per heavy atom. The number of esters is 2. The summed E-state index contributed by atoms with van der Waals surface area (Å²) in [6, 6.07) is 14.8. The number of likely N-dealkylation sites (N-methyl/N-ethyl adjacent to an activating group) is 1. The third-order valence-corrected chi connectivity index (χ3v) is 8.32. The van der Waals surface area contributed by atoms with Crippen LogP contribution in [0.2, 0.25) is 10.0 Å². The number of hydrogen-bond acceptors (Lipinski definition) is 7. The van der Waals surface area contributed by atoms with Gasteiger partial charge in [-0.3, -0.25) is 14.6 Å². The van der Waals surface area contributed by atoms with E-state index in [1.807, 2.05) is 37.4 Å². The molecule has 0 aromatic heterocycles. The Hall–Kier alpha value is -3.20. The molecule has 0 bridgehead atoms. The average molecular weight is 601 g/mol. The standard InChI is InChI=1S/C31H35Cl2N3O5/c1-35-15-8-16-36(18-17-35)25(37)19-24-28(31(39)41-3)29(26-21(32)11-7-12-22(26)33)27(30(38)40-2)23(34-24)14-13-20-9-5-4-6-10-20/h4-7,9-12,28-29H,8,13-19H2,1-3H3. The summed E-state index contributed by atoms with van der Waals surface area (Å²) < 4.78 is 10.4. The van der Waals surface area contributed by atoms with Gasteiger partial charge in [0, 0.05) is 41.3 Å². The molecule has 1 amide bonds. The van der Waals surface area contributed by atoms with Crippen LogP contribution in [0, 0.1) is 5.92 Å². The molecule has 2 aromatic carbocycles. The summed E-state index contributed by atoms with van der Waals surface area (Å²) in [5.74, 6) is -3.49. The molecule has 2 aliphatic rings. The van der Waals surface area contributed by atoms with E-state index in [9.17, 15) is 14.4 Å². The first kappa shape index (κ1) is 30.8. The van der Waals surface area contributed by atoms with E-state index in [-0.39, 0.29) is 27.9 Å². The van der Waals surface area contributed by atoms with Crippen LogP contribution in [0.15, 0.2) is 64.8 Å². The number of hydrogen-bond donors (Lipinski definition) is 0. The Morgan fingerprint density at radius 3 is 2.27 bits per heavy atom. The Kier molecular flexibility index (Phi) is 10.6. The van der Waals surface area contributed by atoms with Crippen LogP contribution in [-0.4, -0.2) is 80.8 Å². The molecular formula is C31H35Cl2N3O5. The van der Waals surface area contributed by atoms with Crippen LogP contribution in [0.4, 0.5) is 0 Å². The third-order valence-electron chi connectivity index (χ3n) is 7.66. The molecule has 41 heavy (non-hydrogen) atoms. The predicted octanol–water partition coefficient (Wildman–Crippen LogP) is 4.93. The summed E-state index contributed by atoms with van der Waals surface area (Å²) in [5.41, 5.74) is 2.37. The maximum absolute atomic E-state index is 13.6. The second-order valence-corrected chi connectivity index (χ2v) is 11.1. The number of rotatable bonds is 8. The lowest BCUT2D eigenvalue weighted by molar-refractivity contribution is -0.143. The average Bonchev–Trinajstić information content (AvgIpc) is 3.20. The van der Waals surface area contributed by atoms with Crippen molar-refractivity contribution in [2.24, 2.45) is 10.9 Å². The van der Waals surface area contributed by atoms with Gasteiger partial charge in [0.05, 0.1) is 31.9 Å². The Morgan fingerprint density at radius 2 is 1.61 bits per heavy atom. The van der Waals surface area contributed by atoms with Crippen LogP contribution in [0.25, 0.3) is 0 Å². The number of ether oxygens (including phenoxy) is 2. The van der Waals surface area contributed by atoms with Gasteiger partial charge in [0.15, 0.2) is 0 Å². The van der Waals surface area contributed by atoms with Crippen molar-refractivity contribution in [1.82, 2.24) is 9.80 Å². The first-order valence-corrected chi connectivity index (χ1v) is 14.4. The van der Waals surface area contributed by atoms with Crippen molar-refractivity contribution in [3.05, 3.63) is 81.0 Å². The van der Waals surface area contributed by atoms with E-state index < -0.39 is 23.8 Å². The molecule has 2 aliphatic heterocycles. The molecule has 2 atom stereocenters. The number of carbonyl (C=O) groups excluding carboxylic acids is 3. The van der Waals surface area contributed by atoms with Crippen molar-refractivity contribution in [2.45, 2.75) is 31.6 Å². The zero-order valence-corrected chi connectivity index (χ0v) is 25.1. The van der Waals surface area contributed by atoms with Gasteiger partial charge in [-0.05, 0) is 56.1 Å². The highest BCUT2D eigenvalue weighted by molar-refractivity contribution is 6.36. The first-order valence-electron chi connectivity index (χ1n) is 13.7. The van der Waals surface area contributed by atoms with Crippen LogP contribution in [0.5, 0.6) is 0 Å². The molecule has 0 N–H and O–H groups in total. The van der Waals surface area contributed by atoms with E-state index in [0.717, 1.165) is 25.1 Å². The molecule has 2 aromatic rings. The fourth-order valence-corrected chi connectivity index (χ4v) is 6.16. The van der Waals surface area contributed by atoms with Crippen molar-refractivity contribution in [1.29, 1.82) is 0 Å². The number of nitrogens with zero attached hydrogens (tertiary/aromatic N) is 3. The number of methoxy groups -OCH3 is 2. The van der Waals surface area contributed by atoms with Gasteiger partial charge in [-0.2, -0.15) is 0 Å². The van der Waals surface area contributed by atoms with Crippen LogP contribution in [0.3, 0.4) is 0 Å². The molecule has 10 heteroatoms. The minimum atomic E-state index is -1.11. The molecule has 2 unspecified atom stereocenters. The van der Waals surface area contributed by atoms with E-state index >= 15 is 0 Å². The Labute approximate surface area is 250 Å². The smallest absolute Gasteiger partial charge is 0.336 e. The highest BCUT2D eigenvalue weighted by Crippen LogP contribution is 2.46. The van der Waals surface area contributed by atoms with Crippen molar-refractivity contribution in [3.63, 3.8) is 0 Å². The second-order valence-electron chi connectivity index (χ2n) is 10.3. The minimum Gasteiger partial charge on any atom is -0.468 e. The molecule has 1 fully saturated rings. The van der Waals surface area contributed by atoms with Gasteiger partial charge in [0.1, 0.15) is 5.92 Å². The van der Waals surface area contributed by atoms with E-state index in [2.05, 4.69) is 4.90 Å². The lowest BCUT2D eigenvalue weighted by Gasteiger charge is -2.34. The summed E-state index contributed by atoms with van der Waals surface area (Å²) >= 11 is 13.4. The maximum atomic E-state index is 13.6. The summed E-state index contributed by atoms with van der Waals surface area (Å²) in [7, 11) is 4.58. The number of carbonyl (C=O) groups is 3. The zero-order chi connectivity index (χ0) is 29.5. The quantitative estimate of drug-likeness (QED) is 0.400. The van der Waals surface area contributed by atoms with Crippen molar-refractivity contribution < 1.29 is 23.9 Å². The van der Waals surface area contributed by atoms with Crippen LogP contribution in [-0.2, 0) is 30.3 Å². The van der Waals surface area contributed by atoms with Gasteiger partial charge in [0.25, 0.3) is 0 Å². The lowest BCUT2D eigenvalue weighted by Crippen LogP contribution is -2.41. The molecule has 0 radical (unpaired) electrons. The molecule has 4 rings (SSSR count). The Balaban J connectivity index is 1.85. The van der Waals surface area contributed by atoms with Crippen LogP contribution in [0.1, 0.15) is 36.3 Å². The van der Waals surface area contributed by atoms with Crippen molar-refractivity contribution in [2.75, 3.05) is 47.4 Å². The van der Waals surface area contributed by atoms with Gasteiger partial charge < -0.3 is 19.3 Å². The number of amides is 1. The van der Waals surface area contributed by atoms with Gasteiger partial charge in [0.2, 0.25) is 5.91 Å². The van der Waals surface area contributed by atoms with Crippen LogP contribution < -0.4 is 0 Å². The minimum absolute atomic E-state index is 0.106. The Bertz CT molecular complexity index is 1320. The largest absolute Gasteiger partial charge is 0.468 e. The van der Waals surface area contributed by atoms with E-state index in [1.54, 1.807) is 23.1 Å². The van der Waals surface area contributed by atoms with Gasteiger partial charge in [-0.1, -0.05) is 59.6 Å². The van der Waals surface area contributed by atoms with E-state index in [4.69, 9.17) is 37.7 Å². The SMILES string of the molecule is COC(=O)C1=C(CCc2ccccc2)N=C(CC(=O)N2CCCN(C)CC2)C(C(=O)OC)C1c1c(Cl)cccc1Cl. The van der Waals surface area contributed by atoms with Gasteiger partial charge >= 0.3 is 11.9 Å². The molecular weight excluding hydrogens is 565 g/mol. The second kappa shape index (κ2) is 14.1. The highest BCUT2D eigenvalue weighted by atomic mass is 35.5. The van der Waals surface area contributed by atoms with Gasteiger partial charge in [-0.25, -0.2) is 4.79 Å². The molecule has 0 saturated carbocycles. The number of benzene rings is 2. The molecule has 0 aliphatic carbocycles. The first-order chi connectivity index (χ1) is 19.7. The molecule has 2 heterocycles. The molecule has 8 nitrogen and oxygen atoms in total. The normalized spacial score (nSPS) is 19.8. The summed E-state index contributed by atoms with van der Waals surface area (Å²) in [6.45, 7) is 2.85. The summed E-state index contributed by atoms with van der Waals surface area (Å²) in [4.78, 5) is 49.4. The maximum Gasteiger partial charge on any atom is 0.336 e. The van der Waals surface area contributed by atoms with E-state index in [0.29, 0.717) is 42.9 Å². The monoisotopic (exact) mass is 599 g/mol. The highest BCUT2D eigenvalue weighted by Gasteiger charge is 2.46. The van der Waals surface area contributed by atoms with Crippen molar-refractivity contribution >= 4 is 46.8 Å². The third kappa shape index (κ3) is 7.18. The van der Waals surface area contributed by atoms with Crippen LogP contribution >= 0.6 is 23.2 Å². The van der Waals surface area contributed by atoms with Crippen molar-refractivity contribution in [3.8, 4) is 0 Å². The lowest BCUT2D eigenvalue weighted by atomic mass is 9.73. The number of aliphatic imine (C=N–C) groups is 1. The predicted molar refractivity (Wildman–Crippen MR) is 159 cm³/mol. The van der Waals surface area contributed by atoms with Gasteiger partial charge in [-0.15, -0.1) is 0 Å².